The molecule has 2 N–H and O–H groups in total. The number of Topliss-reactive ketones (excluding diaryl/α,β-unsaturated/α-hetero) is 1. The van der Waals surface area contributed by atoms with Crippen LogP contribution in [-0.2, 0) is 4.79 Å². The molecule has 3 nitrogen and oxygen atoms in total. The number of aliphatic hydroxyl groups is 2. The summed E-state index contributed by atoms with van der Waals surface area (Å²) in [6.45, 7) is 4.26. The SMILES string of the molecule is CCCCC[C@H](O)C(C)CC1[C@H]2CC(=O)CC2C[C@H]1O. The van der Waals surface area contributed by atoms with Crippen molar-refractivity contribution in [3.8, 4) is 0 Å². The molecular weight excluding hydrogens is 252 g/mol. The predicted molar refractivity (Wildman–Crippen MR) is 79.3 cm³/mol. The van der Waals surface area contributed by atoms with Crippen LogP contribution in [-0.4, -0.2) is 28.2 Å². The lowest BCUT2D eigenvalue weighted by Gasteiger charge is -2.27. The van der Waals surface area contributed by atoms with Crippen molar-refractivity contribution < 1.29 is 15.0 Å². The maximum atomic E-state index is 11.6. The zero-order chi connectivity index (χ0) is 14.7. The first-order chi connectivity index (χ1) is 9.52. The highest BCUT2D eigenvalue weighted by Crippen LogP contribution is 2.48. The molecule has 2 aliphatic rings. The van der Waals surface area contributed by atoms with Gasteiger partial charge in [0.1, 0.15) is 5.78 Å². The van der Waals surface area contributed by atoms with Crippen molar-refractivity contribution in [2.24, 2.45) is 23.7 Å². The van der Waals surface area contributed by atoms with Crippen molar-refractivity contribution in [3.63, 3.8) is 0 Å². The standard InChI is InChI=1S/C17H30O3/c1-3-4-5-6-16(19)11(2)7-15-14-10-13(18)8-12(14)9-17(15)20/h11-12,14-17,19-20H,3-10H2,1-2H3/t11?,12?,14-,15?,16-,17+/m0/s1. The van der Waals surface area contributed by atoms with Crippen molar-refractivity contribution in [1.29, 1.82) is 0 Å². The van der Waals surface area contributed by atoms with E-state index >= 15 is 0 Å². The van der Waals surface area contributed by atoms with E-state index in [1.807, 2.05) is 0 Å². The second-order valence-electron chi connectivity index (χ2n) is 7.11. The summed E-state index contributed by atoms with van der Waals surface area (Å²) in [6.07, 6.45) is 6.76. The van der Waals surface area contributed by atoms with Crippen LogP contribution in [0.5, 0.6) is 0 Å². The molecule has 0 radical (unpaired) electrons. The molecule has 116 valence electrons. The van der Waals surface area contributed by atoms with Gasteiger partial charge in [0.25, 0.3) is 0 Å². The van der Waals surface area contributed by atoms with E-state index in [1.54, 1.807) is 0 Å². The quantitative estimate of drug-likeness (QED) is 0.706. The molecule has 0 saturated heterocycles. The van der Waals surface area contributed by atoms with Crippen LogP contribution in [0, 0.1) is 23.7 Å². The number of carbonyl (C=O) groups excluding carboxylic acids is 1. The van der Waals surface area contributed by atoms with Crippen LogP contribution in [0.2, 0.25) is 0 Å². The van der Waals surface area contributed by atoms with Gasteiger partial charge in [0.2, 0.25) is 0 Å². The third-order valence-corrected chi connectivity index (χ3v) is 5.55. The Hall–Kier alpha value is -0.410. The van der Waals surface area contributed by atoms with E-state index in [-0.39, 0.29) is 24.0 Å². The fourth-order valence-electron chi connectivity index (χ4n) is 4.29. The van der Waals surface area contributed by atoms with E-state index < -0.39 is 0 Å². The second-order valence-corrected chi connectivity index (χ2v) is 7.11. The Morgan fingerprint density at radius 3 is 2.75 bits per heavy atom. The molecule has 0 aromatic carbocycles. The van der Waals surface area contributed by atoms with Crippen LogP contribution < -0.4 is 0 Å². The lowest BCUT2D eigenvalue weighted by atomic mass is 9.82. The highest BCUT2D eigenvalue weighted by atomic mass is 16.3. The van der Waals surface area contributed by atoms with Crippen LogP contribution in [0.4, 0.5) is 0 Å². The molecule has 0 spiro atoms. The third kappa shape index (κ3) is 3.62. The van der Waals surface area contributed by atoms with Crippen molar-refractivity contribution in [2.75, 3.05) is 0 Å². The van der Waals surface area contributed by atoms with E-state index in [1.165, 1.54) is 12.8 Å². The molecule has 0 aliphatic heterocycles. The number of hydrogen-bond acceptors (Lipinski definition) is 3. The minimum atomic E-state index is -0.261. The Balaban J connectivity index is 1.83. The normalized spacial score (nSPS) is 36.1. The van der Waals surface area contributed by atoms with E-state index in [2.05, 4.69) is 13.8 Å². The molecule has 20 heavy (non-hydrogen) atoms. The molecule has 0 bridgehead atoms. The van der Waals surface area contributed by atoms with E-state index in [0.717, 1.165) is 25.7 Å². The van der Waals surface area contributed by atoms with Gasteiger partial charge in [-0.2, -0.15) is 0 Å². The van der Waals surface area contributed by atoms with Gasteiger partial charge in [-0.25, -0.2) is 0 Å². The Kier molecular flexibility index (Phi) is 5.62. The molecule has 2 aliphatic carbocycles. The number of fused-ring (bicyclic) bond motifs is 1. The van der Waals surface area contributed by atoms with E-state index in [9.17, 15) is 15.0 Å². The first-order valence-corrected chi connectivity index (χ1v) is 8.40. The van der Waals surface area contributed by atoms with Gasteiger partial charge in [0.05, 0.1) is 12.2 Å². The summed E-state index contributed by atoms with van der Waals surface area (Å²) < 4.78 is 0. The highest BCUT2D eigenvalue weighted by Gasteiger charge is 2.47. The molecule has 3 heteroatoms. The number of aliphatic hydroxyl groups excluding tert-OH is 2. The number of unbranched alkanes of at least 4 members (excludes halogenated alkanes) is 2. The number of carbonyl (C=O) groups is 1. The summed E-state index contributed by atoms with van der Waals surface area (Å²) >= 11 is 0. The van der Waals surface area contributed by atoms with Gasteiger partial charge >= 0.3 is 0 Å². The summed E-state index contributed by atoms with van der Waals surface area (Å²) in [5, 5.41) is 20.5. The topological polar surface area (TPSA) is 57.5 Å². The first-order valence-electron chi connectivity index (χ1n) is 8.40. The molecule has 0 aromatic rings. The zero-order valence-corrected chi connectivity index (χ0v) is 12.9. The van der Waals surface area contributed by atoms with Crippen molar-refractivity contribution in [2.45, 2.75) is 77.4 Å². The molecular formula is C17H30O3. The number of hydrogen-bond donors (Lipinski definition) is 2. The van der Waals surface area contributed by atoms with Crippen molar-refractivity contribution >= 4 is 5.78 Å². The van der Waals surface area contributed by atoms with Gasteiger partial charge in [-0.1, -0.05) is 33.1 Å². The predicted octanol–water partition coefficient (Wildman–Crippen LogP) is 2.93. The summed E-state index contributed by atoms with van der Waals surface area (Å²) in [7, 11) is 0. The molecule has 2 fully saturated rings. The van der Waals surface area contributed by atoms with Gasteiger partial charge in [0.15, 0.2) is 0 Å². The maximum Gasteiger partial charge on any atom is 0.133 e. The van der Waals surface area contributed by atoms with Crippen LogP contribution in [0.1, 0.15) is 65.2 Å². The molecule has 3 unspecified atom stereocenters. The van der Waals surface area contributed by atoms with Gasteiger partial charge in [-0.3, -0.25) is 4.79 Å². The Labute approximate surface area is 122 Å². The van der Waals surface area contributed by atoms with Crippen LogP contribution in [0.25, 0.3) is 0 Å². The molecule has 0 amide bonds. The maximum absolute atomic E-state index is 11.6. The number of rotatable bonds is 7. The largest absolute Gasteiger partial charge is 0.393 e. The van der Waals surface area contributed by atoms with Crippen LogP contribution in [0.3, 0.4) is 0 Å². The van der Waals surface area contributed by atoms with Crippen LogP contribution >= 0.6 is 0 Å². The van der Waals surface area contributed by atoms with Gasteiger partial charge in [-0.05, 0) is 42.9 Å². The van der Waals surface area contributed by atoms with Gasteiger partial charge < -0.3 is 10.2 Å². The molecule has 2 rings (SSSR count). The summed E-state index contributed by atoms with van der Waals surface area (Å²) in [4.78, 5) is 11.6. The molecule has 0 heterocycles. The summed E-state index contributed by atoms with van der Waals surface area (Å²) in [5.41, 5.74) is 0. The molecule has 0 aromatic heterocycles. The second kappa shape index (κ2) is 7.04. The van der Waals surface area contributed by atoms with E-state index in [0.29, 0.717) is 30.5 Å². The van der Waals surface area contributed by atoms with Gasteiger partial charge in [-0.15, -0.1) is 0 Å². The minimum Gasteiger partial charge on any atom is -0.393 e. The molecule has 2 saturated carbocycles. The lowest BCUT2D eigenvalue weighted by molar-refractivity contribution is -0.118. The summed E-state index contributed by atoms with van der Waals surface area (Å²) in [6, 6.07) is 0. The minimum absolute atomic E-state index is 0.223. The summed E-state index contributed by atoms with van der Waals surface area (Å²) in [5.74, 6) is 1.60. The lowest BCUT2D eigenvalue weighted by Crippen LogP contribution is -2.27. The highest BCUT2D eigenvalue weighted by molar-refractivity contribution is 5.81. The van der Waals surface area contributed by atoms with Crippen molar-refractivity contribution in [1.82, 2.24) is 0 Å². The monoisotopic (exact) mass is 282 g/mol. The zero-order valence-electron chi connectivity index (χ0n) is 12.9. The molecule has 6 atom stereocenters. The van der Waals surface area contributed by atoms with Crippen LogP contribution in [0.15, 0.2) is 0 Å². The first kappa shape index (κ1) is 16.0. The Morgan fingerprint density at radius 1 is 1.30 bits per heavy atom. The fourth-order valence-corrected chi connectivity index (χ4v) is 4.29. The fraction of sp³-hybridized carbons (Fsp3) is 0.941. The average Bonchev–Trinajstić information content (AvgIpc) is 2.87. The Morgan fingerprint density at radius 2 is 2.05 bits per heavy atom. The number of ketones is 1. The Bertz CT molecular complexity index is 328. The van der Waals surface area contributed by atoms with Crippen molar-refractivity contribution in [3.05, 3.63) is 0 Å². The smallest absolute Gasteiger partial charge is 0.133 e. The third-order valence-electron chi connectivity index (χ3n) is 5.55. The van der Waals surface area contributed by atoms with Gasteiger partial charge in [0, 0.05) is 12.8 Å². The van der Waals surface area contributed by atoms with E-state index in [4.69, 9.17) is 0 Å². The average molecular weight is 282 g/mol.